The maximum absolute atomic E-state index is 6.07. The molecule has 0 saturated carbocycles. The van der Waals surface area contributed by atoms with Gasteiger partial charge in [-0.05, 0) is 37.5 Å². The van der Waals surface area contributed by atoms with Crippen LogP contribution in [0.4, 0.5) is 0 Å². The van der Waals surface area contributed by atoms with Crippen molar-refractivity contribution in [3.8, 4) is 5.75 Å². The zero-order valence-corrected chi connectivity index (χ0v) is 17.9. The molecule has 0 aliphatic carbocycles. The van der Waals surface area contributed by atoms with Crippen molar-refractivity contribution in [2.75, 3.05) is 38.2 Å². The molecule has 0 unspecified atom stereocenters. The molecule has 0 aromatic heterocycles. The van der Waals surface area contributed by atoms with Crippen LogP contribution in [-0.4, -0.2) is 55.2 Å². The Morgan fingerprint density at radius 2 is 2.00 bits per heavy atom. The molecule has 0 radical (unpaired) electrons. The Morgan fingerprint density at radius 3 is 2.62 bits per heavy atom. The van der Waals surface area contributed by atoms with E-state index in [1.54, 1.807) is 0 Å². The molecule has 1 fully saturated rings. The third-order valence-electron chi connectivity index (χ3n) is 3.89. The van der Waals surface area contributed by atoms with Crippen LogP contribution >= 0.6 is 35.7 Å². The Kier molecular flexibility index (Phi) is 11.3. The fraction of sp³-hybridized carbons (Fsp3) is 0.611. The molecule has 0 atom stereocenters. The quantitative estimate of drug-likeness (QED) is 0.288. The van der Waals surface area contributed by atoms with Crippen LogP contribution in [0.15, 0.2) is 35.3 Å². The lowest BCUT2D eigenvalue weighted by Gasteiger charge is -2.34. The number of piperidine rings is 1. The van der Waals surface area contributed by atoms with E-state index in [1.165, 1.54) is 5.75 Å². The van der Waals surface area contributed by atoms with Gasteiger partial charge in [0.2, 0.25) is 0 Å². The van der Waals surface area contributed by atoms with Crippen LogP contribution in [0.3, 0.4) is 0 Å². The minimum Gasteiger partial charge on any atom is -0.490 e. The number of hydrogen-bond acceptors (Lipinski definition) is 3. The van der Waals surface area contributed by atoms with E-state index < -0.39 is 0 Å². The summed E-state index contributed by atoms with van der Waals surface area (Å²) in [5.41, 5.74) is 0. The molecule has 24 heavy (non-hydrogen) atoms. The summed E-state index contributed by atoms with van der Waals surface area (Å²) in [5.74, 6) is 3.21. The monoisotopic (exact) mass is 463 g/mol. The van der Waals surface area contributed by atoms with Gasteiger partial charge in [-0.2, -0.15) is 11.8 Å². The highest BCUT2D eigenvalue weighted by Crippen LogP contribution is 2.18. The summed E-state index contributed by atoms with van der Waals surface area (Å²) in [4.78, 5) is 7.13. The van der Waals surface area contributed by atoms with E-state index in [9.17, 15) is 0 Å². The normalized spacial score (nSPS) is 15.8. The van der Waals surface area contributed by atoms with Gasteiger partial charge in [-0.1, -0.05) is 18.2 Å². The molecule has 1 aromatic rings. The maximum atomic E-state index is 6.07. The first kappa shape index (κ1) is 21.4. The maximum Gasteiger partial charge on any atom is 0.193 e. The molecular weight excluding hydrogens is 433 g/mol. The first-order valence-electron chi connectivity index (χ1n) is 8.57. The highest BCUT2D eigenvalue weighted by molar-refractivity contribution is 14.0. The van der Waals surface area contributed by atoms with Crippen molar-refractivity contribution in [1.29, 1.82) is 0 Å². The summed E-state index contributed by atoms with van der Waals surface area (Å²) in [7, 11) is 0. The molecule has 2 rings (SSSR count). The highest BCUT2D eigenvalue weighted by Gasteiger charge is 2.22. The number of halogens is 1. The Morgan fingerprint density at radius 1 is 1.29 bits per heavy atom. The molecule has 0 spiro atoms. The lowest BCUT2D eigenvalue weighted by molar-refractivity contribution is 0.129. The van der Waals surface area contributed by atoms with Gasteiger partial charge in [0.25, 0.3) is 0 Å². The zero-order chi connectivity index (χ0) is 16.3. The standard InChI is InChI=1S/C18H29N3OS.HI/c1-3-19-18(20-12-7-15-23-2)21-13-10-17(11-14-21)22-16-8-5-4-6-9-16;/h4-6,8-9,17H,3,7,10-15H2,1-2H3,(H,19,20);1H. The molecule has 136 valence electrons. The molecule has 6 heteroatoms. The number of nitrogens with one attached hydrogen (secondary N) is 1. The van der Waals surface area contributed by atoms with Gasteiger partial charge in [0.05, 0.1) is 0 Å². The first-order chi connectivity index (χ1) is 11.3. The number of para-hydroxylation sites is 1. The van der Waals surface area contributed by atoms with Crippen LogP contribution in [0.1, 0.15) is 26.2 Å². The summed E-state index contributed by atoms with van der Waals surface area (Å²) in [5, 5.41) is 3.42. The van der Waals surface area contributed by atoms with Gasteiger partial charge < -0.3 is 15.0 Å². The van der Waals surface area contributed by atoms with Crippen molar-refractivity contribution in [3.63, 3.8) is 0 Å². The third-order valence-corrected chi connectivity index (χ3v) is 4.59. The molecular formula is C18H30IN3OS. The number of thioether (sulfide) groups is 1. The Bertz CT molecular complexity index is 465. The molecule has 1 aliphatic heterocycles. The number of nitrogens with zero attached hydrogens (tertiary/aromatic N) is 2. The second-order valence-corrected chi connectivity index (χ2v) is 6.68. The third kappa shape index (κ3) is 7.51. The van der Waals surface area contributed by atoms with E-state index in [0.29, 0.717) is 6.10 Å². The van der Waals surface area contributed by atoms with E-state index in [-0.39, 0.29) is 24.0 Å². The number of guanidine groups is 1. The highest BCUT2D eigenvalue weighted by atomic mass is 127. The smallest absolute Gasteiger partial charge is 0.193 e. The molecule has 0 bridgehead atoms. The number of ether oxygens (including phenoxy) is 1. The van der Waals surface area contributed by atoms with Crippen LogP contribution in [0.2, 0.25) is 0 Å². The largest absolute Gasteiger partial charge is 0.490 e. The average molecular weight is 463 g/mol. The Hall–Kier alpha value is -0.630. The summed E-state index contributed by atoms with van der Waals surface area (Å²) < 4.78 is 6.07. The number of aliphatic imine (C=N–C) groups is 1. The van der Waals surface area contributed by atoms with Gasteiger partial charge in [-0.25, -0.2) is 0 Å². The van der Waals surface area contributed by atoms with Crippen LogP contribution in [0, 0.1) is 0 Å². The summed E-state index contributed by atoms with van der Waals surface area (Å²) in [6.45, 7) is 5.96. The van der Waals surface area contributed by atoms with Gasteiger partial charge in [0.1, 0.15) is 11.9 Å². The van der Waals surface area contributed by atoms with Crippen LogP contribution < -0.4 is 10.1 Å². The van der Waals surface area contributed by atoms with E-state index >= 15 is 0 Å². The molecule has 1 heterocycles. The Balaban J connectivity index is 0.00000288. The molecule has 4 nitrogen and oxygen atoms in total. The van der Waals surface area contributed by atoms with E-state index in [1.807, 2.05) is 42.1 Å². The predicted molar refractivity (Wildman–Crippen MR) is 116 cm³/mol. The zero-order valence-electron chi connectivity index (χ0n) is 14.7. The lowest BCUT2D eigenvalue weighted by Crippen LogP contribution is -2.47. The van der Waals surface area contributed by atoms with Gasteiger partial charge in [-0.15, -0.1) is 24.0 Å². The summed E-state index contributed by atoms with van der Waals surface area (Å²) in [6, 6.07) is 10.1. The van der Waals surface area contributed by atoms with Crippen molar-refractivity contribution in [2.24, 2.45) is 4.99 Å². The van der Waals surface area contributed by atoms with Gasteiger partial charge in [0.15, 0.2) is 5.96 Å². The number of rotatable bonds is 7. The van der Waals surface area contributed by atoms with Crippen LogP contribution in [0.25, 0.3) is 0 Å². The summed E-state index contributed by atoms with van der Waals surface area (Å²) >= 11 is 1.88. The fourth-order valence-electron chi connectivity index (χ4n) is 2.70. The fourth-order valence-corrected chi connectivity index (χ4v) is 3.11. The number of likely N-dealkylation sites (tertiary alicyclic amines) is 1. The molecule has 0 amide bonds. The Labute approximate surface area is 167 Å². The molecule has 1 saturated heterocycles. The van der Waals surface area contributed by atoms with Crippen LogP contribution in [0.5, 0.6) is 5.75 Å². The van der Waals surface area contributed by atoms with E-state index in [4.69, 9.17) is 9.73 Å². The van der Waals surface area contributed by atoms with Crippen molar-refractivity contribution < 1.29 is 4.74 Å². The first-order valence-corrected chi connectivity index (χ1v) is 9.96. The molecule has 1 N–H and O–H groups in total. The average Bonchev–Trinajstić information content (AvgIpc) is 2.59. The molecule has 1 aliphatic rings. The van der Waals surface area contributed by atoms with Crippen molar-refractivity contribution in [3.05, 3.63) is 30.3 Å². The van der Waals surface area contributed by atoms with Crippen molar-refractivity contribution in [1.82, 2.24) is 10.2 Å². The second kappa shape index (κ2) is 12.7. The van der Waals surface area contributed by atoms with E-state index in [0.717, 1.165) is 57.2 Å². The molecule has 1 aromatic carbocycles. The number of hydrogen-bond donors (Lipinski definition) is 1. The summed E-state index contributed by atoms with van der Waals surface area (Å²) in [6.07, 6.45) is 5.69. The predicted octanol–water partition coefficient (Wildman–Crippen LogP) is 3.87. The van der Waals surface area contributed by atoms with Gasteiger partial charge >= 0.3 is 0 Å². The minimum absolute atomic E-state index is 0. The van der Waals surface area contributed by atoms with Crippen LogP contribution in [-0.2, 0) is 0 Å². The van der Waals surface area contributed by atoms with Gasteiger partial charge in [0, 0.05) is 39.0 Å². The minimum atomic E-state index is 0. The van der Waals surface area contributed by atoms with Crippen molar-refractivity contribution in [2.45, 2.75) is 32.3 Å². The SMILES string of the molecule is CCNC(=NCCCSC)N1CCC(Oc2ccccc2)CC1.I. The number of benzene rings is 1. The van der Waals surface area contributed by atoms with Gasteiger partial charge in [-0.3, -0.25) is 4.99 Å². The second-order valence-electron chi connectivity index (χ2n) is 5.70. The topological polar surface area (TPSA) is 36.9 Å². The lowest BCUT2D eigenvalue weighted by atomic mass is 10.1. The van der Waals surface area contributed by atoms with E-state index in [2.05, 4.69) is 23.4 Å². The van der Waals surface area contributed by atoms with Crippen molar-refractivity contribution >= 4 is 41.7 Å².